The van der Waals surface area contributed by atoms with Crippen LogP contribution in [0.5, 0.6) is 11.5 Å². The zero-order chi connectivity index (χ0) is 24.1. The van der Waals surface area contributed by atoms with E-state index >= 15 is 0 Å². The van der Waals surface area contributed by atoms with Crippen molar-refractivity contribution in [1.82, 2.24) is 0 Å². The first-order valence-electron chi connectivity index (χ1n) is 10.2. The van der Waals surface area contributed by atoms with Crippen LogP contribution in [-0.4, -0.2) is 28.0 Å². The van der Waals surface area contributed by atoms with Crippen LogP contribution >= 0.6 is 11.6 Å². The van der Waals surface area contributed by atoms with Crippen molar-refractivity contribution >= 4 is 49.7 Å². The molecule has 34 heavy (non-hydrogen) atoms. The number of benzene rings is 4. The normalized spacial score (nSPS) is 11.1. The molecule has 1 amide bonds. The summed E-state index contributed by atoms with van der Waals surface area (Å²) in [5.41, 5.74) is 1.05. The van der Waals surface area contributed by atoms with E-state index in [2.05, 4.69) is 10.0 Å². The molecule has 0 saturated carbocycles. The number of ether oxygens (including phenoxy) is 2. The van der Waals surface area contributed by atoms with Gasteiger partial charge in [-0.05, 0) is 53.9 Å². The number of methoxy groups -OCH3 is 1. The maximum atomic E-state index is 12.7. The molecule has 4 rings (SSSR count). The summed E-state index contributed by atoms with van der Waals surface area (Å²) in [6.07, 6.45) is 0. The van der Waals surface area contributed by atoms with Crippen LogP contribution in [0.2, 0.25) is 5.02 Å². The first kappa shape index (κ1) is 23.4. The van der Waals surface area contributed by atoms with Crippen molar-refractivity contribution in [3.05, 3.63) is 90.0 Å². The van der Waals surface area contributed by atoms with Crippen molar-refractivity contribution in [2.45, 2.75) is 4.90 Å². The van der Waals surface area contributed by atoms with Crippen LogP contribution in [0.1, 0.15) is 0 Å². The molecule has 4 aromatic rings. The zero-order valence-electron chi connectivity index (χ0n) is 18.1. The molecule has 4 aromatic carbocycles. The smallest absolute Gasteiger partial charge is 0.262 e. The molecule has 9 heteroatoms. The van der Waals surface area contributed by atoms with Crippen LogP contribution in [-0.2, 0) is 14.8 Å². The molecule has 0 aromatic heterocycles. The van der Waals surface area contributed by atoms with Crippen LogP contribution in [0.15, 0.2) is 89.8 Å². The van der Waals surface area contributed by atoms with E-state index in [0.717, 1.165) is 10.8 Å². The van der Waals surface area contributed by atoms with Crippen molar-refractivity contribution in [1.29, 1.82) is 0 Å². The quantitative estimate of drug-likeness (QED) is 0.344. The molecule has 0 aliphatic heterocycles. The van der Waals surface area contributed by atoms with E-state index in [1.165, 1.54) is 25.3 Å². The highest BCUT2D eigenvalue weighted by molar-refractivity contribution is 7.92. The van der Waals surface area contributed by atoms with E-state index in [-0.39, 0.29) is 28.2 Å². The average molecular weight is 497 g/mol. The molecule has 2 N–H and O–H groups in total. The number of halogens is 1. The van der Waals surface area contributed by atoms with E-state index in [0.29, 0.717) is 17.1 Å². The number of nitrogens with one attached hydrogen (secondary N) is 2. The summed E-state index contributed by atoms with van der Waals surface area (Å²) < 4.78 is 38.4. The van der Waals surface area contributed by atoms with Crippen molar-refractivity contribution in [3.8, 4) is 11.5 Å². The van der Waals surface area contributed by atoms with Crippen LogP contribution < -0.4 is 19.5 Å². The van der Waals surface area contributed by atoms with Gasteiger partial charge in [0.1, 0.15) is 11.5 Å². The number of carbonyl (C=O) groups excluding carboxylic acids is 1. The van der Waals surface area contributed by atoms with Crippen LogP contribution in [0.4, 0.5) is 11.4 Å². The maximum absolute atomic E-state index is 12.7. The molecule has 0 unspecified atom stereocenters. The predicted octanol–water partition coefficient (Wildman–Crippen LogP) is 5.32. The number of sulfonamides is 1. The fourth-order valence-corrected chi connectivity index (χ4v) is 4.69. The number of hydrogen-bond donors (Lipinski definition) is 2. The lowest BCUT2D eigenvalue weighted by Gasteiger charge is -2.12. The Balaban J connectivity index is 1.41. The number of carbonyl (C=O) groups is 1. The van der Waals surface area contributed by atoms with Crippen LogP contribution in [0, 0.1) is 0 Å². The zero-order valence-corrected chi connectivity index (χ0v) is 19.7. The van der Waals surface area contributed by atoms with E-state index in [1.807, 2.05) is 42.5 Å². The number of anilines is 2. The molecule has 0 aliphatic rings. The van der Waals surface area contributed by atoms with Gasteiger partial charge in [0.05, 0.1) is 17.0 Å². The van der Waals surface area contributed by atoms with E-state index in [1.54, 1.807) is 24.3 Å². The summed E-state index contributed by atoms with van der Waals surface area (Å²) in [6, 6.07) is 23.8. The third-order valence-electron chi connectivity index (χ3n) is 4.98. The Labute approximate surface area is 202 Å². The number of amides is 1. The standard InChI is InChI=1S/C25H21ClN2O5S/c1-32-19-11-9-18(10-12-19)28-34(30,31)20-13-14-24(22(26)15-20)33-16-25(29)27-23-8-4-6-17-5-2-3-7-21(17)23/h2-15,28H,16H2,1H3,(H,27,29). The predicted molar refractivity (Wildman–Crippen MR) is 133 cm³/mol. The van der Waals surface area contributed by atoms with Gasteiger partial charge in [-0.1, -0.05) is 48.0 Å². The average Bonchev–Trinajstić information content (AvgIpc) is 2.84. The second-order valence-electron chi connectivity index (χ2n) is 7.29. The van der Waals surface area contributed by atoms with E-state index in [4.69, 9.17) is 21.1 Å². The molecule has 174 valence electrons. The van der Waals surface area contributed by atoms with E-state index < -0.39 is 10.0 Å². The summed E-state index contributed by atoms with van der Waals surface area (Å²) in [5.74, 6) is 0.431. The molecule has 0 atom stereocenters. The molecular weight excluding hydrogens is 476 g/mol. The van der Waals surface area contributed by atoms with Gasteiger partial charge >= 0.3 is 0 Å². The maximum Gasteiger partial charge on any atom is 0.262 e. The lowest BCUT2D eigenvalue weighted by molar-refractivity contribution is -0.118. The van der Waals surface area contributed by atoms with Gasteiger partial charge in [-0.2, -0.15) is 0 Å². The third-order valence-corrected chi connectivity index (χ3v) is 6.65. The summed E-state index contributed by atoms with van der Waals surface area (Å²) in [6.45, 7) is -0.293. The Morgan fingerprint density at radius 3 is 2.41 bits per heavy atom. The van der Waals surface area contributed by atoms with Crippen molar-refractivity contribution in [2.24, 2.45) is 0 Å². The Kier molecular flexibility index (Phi) is 6.90. The molecular formula is C25H21ClN2O5S. The molecule has 0 fully saturated rings. The second-order valence-corrected chi connectivity index (χ2v) is 9.38. The highest BCUT2D eigenvalue weighted by atomic mass is 35.5. The highest BCUT2D eigenvalue weighted by Crippen LogP contribution is 2.29. The van der Waals surface area contributed by atoms with Gasteiger partial charge < -0.3 is 14.8 Å². The van der Waals surface area contributed by atoms with Gasteiger partial charge in [-0.3, -0.25) is 9.52 Å². The largest absolute Gasteiger partial charge is 0.497 e. The fraction of sp³-hybridized carbons (Fsp3) is 0.0800. The molecule has 0 radical (unpaired) electrons. The summed E-state index contributed by atoms with van der Waals surface area (Å²) in [5, 5.41) is 4.81. The monoisotopic (exact) mass is 496 g/mol. The first-order chi connectivity index (χ1) is 16.4. The highest BCUT2D eigenvalue weighted by Gasteiger charge is 2.17. The van der Waals surface area contributed by atoms with Gasteiger partial charge in [-0.15, -0.1) is 0 Å². The fourth-order valence-electron chi connectivity index (χ4n) is 3.30. The van der Waals surface area contributed by atoms with Crippen molar-refractivity contribution in [2.75, 3.05) is 23.8 Å². The molecule has 0 spiro atoms. The van der Waals surface area contributed by atoms with Gasteiger partial charge in [0, 0.05) is 16.8 Å². The molecule has 0 bridgehead atoms. The minimum absolute atomic E-state index is 0.0409. The second kappa shape index (κ2) is 10.0. The van der Waals surface area contributed by atoms with Gasteiger partial charge in [-0.25, -0.2) is 8.42 Å². The first-order valence-corrected chi connectivity index (χ1v) is 12.1. The topological polar surface area (TPSA) is 93.7 Å². The van der Waals surface area contributed by atoms with Crippen LogP contribution in [0.3, 0.4) is 0 Å². The Morgan fingerprint density at radius 1 is 0.941 bits per heavy atom. The Hall–Kier alpha value is -3.75. The van der Waals surface area contributed by atoms with Gasteiger partial charge in [0.2, 0.25) is 0 Å². The van der Waals surface area contributed by atoms with Crippen molar-refractivity contribution < 1.29 is 22.7 Å². The van der Waals surface area contributed by atoms with E-state index in [9.17, 15) is 13.2 Å². The van der Waals surface area contributed by atoms with Crippen LogP contribution in [0.25, 0.3) is 10.8 Å². The Morgan fingerprint density at radius 2 is 1.68 bits per heavy atom. The SMILES string of the molecule is COc1ccc(NS(=O)(=O)c2ccc(OCC(=O)Nc3cccc4ccccc34)c(Cl)c2)cc1. The molecule has 7 nitrogen and oxygen atoms in total. The Bertz CT molecular complexity index is 1430. The molecule has 0 saturated heterocycles. The number of rotatable bonds is 8. The summed E-state index contributed by atoms with van der Waals surface area (Å²) >= 11 is 6.23. The lowest BCUT2D eigenvalue weighted by atomic mass is 10.1. The number of fused-ring (bicyclic) bond motifs is 1. The van der Waals surface area contributed by atoms with Crippen molar-refractivity contribution in [3.63, 3.8) is 0 Å². The van der Waals surface area contributed by atoms with Gasteiger partial charge in [0.25, 0.3) is 15.9 Å². The minimum Gasteiger partial charge on any atom is -0.497 e. The third kappa shape index (κ3) is 5.41. The summed E-state index contributed by atoms with van der Waals surface area (Å²) in [4.78, 5) is 12.4. The summed E-state index contributed by atoms with van der Waals surface area (Å²) in [7, 11) is -2.35. The number of hydrogen-bond acceptors (Lipinski definition) is 5. The molecule has 0 heterocycles. The lowest BCUT2D eigenvalue weighted by Crippen LogP contribution is -2.20. The minimum atomic E-state index is -3.88. The molecule has 0 aliphatic carbocycles. The van der Waals surface area contributed by atoms with Gasteiger partial charge in [0.15, 0.2) is 6.61 Å².